The lowest BCUT2D eigenvalue weighted by atomic mass is 10.0. The van der Waals surface area contributed by atoms with Crippen molar-refractivity contribution in [3.8, 4) is 0 Å². The van der Waals surface area contributed by atoms with E-state index in [0.29, 0.717) is 12.1 Å². The molecule has 0 spiro atoms. The second-order valence-electron chi connectivity index (χ2n) is 5.68. The Hall–Kier alpha value is -1.55. The Kier molecular flexibility index (Phi) is 8.60. The third kappa shape index (κ3) is 6.48. The second-order valence-corrected chi connectivity index (χ2v) is 5.68. The molecule has 4 heteroatoms. The van der Waals surface area contributed by atoms with Gasteiger partial charge < -0.3 is 15.8 Å². The van der Waals surface area contributed by atoms with E-state index in [1.54, 1.807) is 0 Å². The van der Waals surface area contributed by atoms with Crippen molar-refractivity contribution in [2.24, 2.45) is 10.7 Å². The van der Waals surface area contributed by atoms with Crippen LogP contribution in [0.5, 0.6) is 0 Å². The zero-order chi connectivity index (χ0) is 16.4. The van der Waals surface area contributed by atoms with Crippen LogP contribution >= 0.6 is 0 Å². The Balaban J connectivity index is 2.50. The molecule has 0 radical (unpaired) electrons. The number of anilines is 1. The Morgan fingerprint density at radius 1 is 1.18 bits per heavy atom. The van der Waals surface area contributed by atoms with Crippen molar-refractivity contribution in [2.45, 2.75) is 59.5 Å². The van der Waals surface area contributed by atoms with E-state index in [0.717, 1.165) is 44.5 Å². The summed E-state index contributed by atoms with van der Waals surface area (Å²) in [6.45, 7) is 9.94. The van der Waals surface area contributed by atoms with E-state index < -0.39 is 0 Å². The van der Waals surface area contributed by atoms with Crippen LogP contribution in [0.1, 0.15) is 51.7 Å². The van der Waals surface area contributed by atoms with Crippen molar-refractivity contribution in [3.05, 3.63) is 29.3 Å². The van der Waals surface area contributed by atoms with Gasteiger partial charge in [-0.25, -0.2) is 0 Å². The first kappa shape index (κ1) is 18.5. The topological polar surface area (TPSA) is 59.6 Å². The predicted molar refractivity (Wildman–Crippen MR) is 95.6 cm³/mol. The first-order valence-electron chi connectivity index (χ1n) is 8.37. The Labute approximate surface area is 135 Å². The van der Waals surface area contributed by atoms with Gasteiger partial charge in [0.15, 0.2) is 5.96 Å². The fraction of sp³-hybridized carbons (Fsp3) is 0.611. The normalized spacial score (nSPS) is 12.0. The van der Waals surface area contributed by atoms with Crippen LogP contribution in [-0.4, -0.2) is 25.2 Å². The number of nitrogens with one attached hydrogen (secondary N) is 1. The fourth-order valence-electron chi connectivity index (χ4n) is 2.30. The third-order valence-electron chi connectivity index (χ3n) is 3.54. The molecule has 0 aliphatic rings. The fourth-order valence-corrected chi connectivity index (χ4v) is 2.30. The number of rotatable bonds is 9. The number of nitrogens with two attached hydrogens (primary N) is 1. The molecule has 0 aliphatic heterocycles. The predicted octanol–water partition coefficient (Wildman–Crippen LogP) is 3.74. The summed E-state index contributed by atoms with van der Waals surface area (Å²) in [7, 11) is 0. The van der Waals surface area contributed by atoms with E-state index in [1.807, 2.05) is 0 Å². The Morgan fingerprint density at radius 3 is 2.36 bits per heavy atom. The van der Waals surface area contributed by atoms with Gasteiger partial charge in [-0.15, -0.1) is 0 Å². The van der Waals surface area contributed by atoms with Gasteiger partial charge in [-0.3, -0.25) is 4.99 Å². The SMILES string of the molecule is CCc1cccc(CC)c1NC(N)=NCCCCOC(C)C. The van der Waals surface area contributed by atoms with Crippen molar-refractivity contribution in [1.82, 2.24) is 0 Å². The molecule has 0 saturated heterocycles. The maximum Gasteiger partial charge on any atom is 0.193 e. The summed E-state index contributed by atoms with van der Waals surface area (Å²) in [6, 6.07) is 6.38. The molecule has 1 rings (SSSR count). The first-order chi connectivity index (χ1) is 10.6. The van der Waals surface area contributed by atoms with Gasteiger partial charge in [-0.1, -0.05) is 32.0 Å². The van der Waals surface area contributed by atoms with E-state index in [1.165, 1.54) is 11.1 Å². The van der Waals surface area contributed by atoms with Crippen molar-refractivity contribution in [2.75, 3.05) is 18.5 Å². The quantitative estimate of drug-likeness (QED) is 0.415. The summed E-state index contributed by atoms with van der Waals surface area (Å²) in [5, 5.41) is 3.29. The molecule has 0 heterocycles. The minimum absolute atomic E-state index is 0.299. The maximum absolute atomic E-state index is 6.02. The molecule has 1 aromatic carbocycles. The summed E-state index contributed by atoms with van der Waals surface area (Å²) < 4.78 is 5.51. The van der Waals surface area contributed by atoms with Crippen LogP contribution < -0.4 is 11.1 Å². The summed E-state index contributed by atoms with van der Waals surface area (Å²) >= 11 is 0. The van der Waals surface area contributed by atoms with Crippen molar-refractivity contribution >= 4 is 11.6 Å². The van der Waals surface area contributed by atoms with Crippen LogP contribution in [0, 0.1) is 0 Å². The number of hydrogen-bond donors (Lipinski definition) is 2. The lowest BCUT2D eigenvalue weighted by molar-refractivity contribution is 0.0764. The van der Waals surface area contributed by atoms with Gasteiger partial charge >= 0.3 is 0 Å². The molecule has 0 atom stereocenters. The number of nitrogens with zero attached hydrogens (tertiary/aromatic N) is 1. The largest absolute Gasteiger partial charge is 0.379 e. The molecule has 124 valence electrons. The molecule has 0 saturated carbocycles. The summed E-state index contributed by atoms with van der Waals surface area (Å²) in [5.74, 6) is 0.500. The highest BCUT2D eigenvalue weighted by atomic mass is 16.5. The van der Waals surface area contributed by atoms with Crippen molar-refractivity contribution in [3.63, 3.8) is 0 Å². The molecule has 4 nitrogen and oxygen atoms in total. The molecule has 0 bridgehead atoms. The molecule has 0 unspecified atom stereocenters. The molecule has 0 aromatic heterocycles. The van der Waals surface area contributed by atoms with E-state index in [2.05, 4.69) is 56.2 Å². The second kappa shape index (κ2) is 10.2. The lowest BCUT2D eigenvalue weighted by Crippen LogP contribution is -2.24. The highest BCUT2D eigenvalue weighted by Gasteiger charge is 2.06. The standard InChI is InChI=1S/C18H31N3O/c1-5-15-10-9-11-16(6-2)17(15)21-18(19)20-12-7-8-13-22-14(3)4/h9-11,14H,5-8,12-13H2,1-4H3,(H3,19,20,21). The highest BCUT2D eigenvalue weighted by molar-refractivity contribution is 5.93. The van der Waals surface area contributed by atoms with Crippen LogP contribution in [0.2, 0.25) is 0 Å². The molecule has 22 heavy (non-hydrogen) atoms. The molecule has 0 fully saturated rings. The van der Waals surface area contributed by atoms with Crippen molar-refractivity contribution in [1.29, 1.82) is 0 Å². The molecular weight excluding hydrogens is 274 g/mol. The van der Waals surface area contributed by atoms with Crippen LogP contribution in [0.4, 0.5) is 5.69 Å². The average Bonchev–Trinajstić information content (AvgIpc) is 2.50. The van der Waals surface area contributed by atoms with Crippen LogP contribution in [0.3, 0.4) is 0 Å². The summed E-state index contributed by atoms with van der Waals surface area (Å²) in [5.41, 5.74) is 9.71. The van der Waals surface area contributed by atoms with Crippen LogP contribution in [0.15, 0.2) is 23.2 Å². The minimum atomic E-state index is 0.299. The number of unbranched alkanes of at least 4 members (excludes halogenated alkanes) is 1. The van der Waals surface area contributed by atoms with Gasteiger partial charge in [0, 0.05) is 18.8 Å². The summed E-state index contributed by atoms with van der Waals surface area (Å²) in [4.78, 5) is 4.41. The monoisotopic (exact) mass is 305 g/mol. The zero-order valence-corrected chi connectivity index (χ0v) is 14.5. The zero-order valence-electron chi connectivity index (χ0n) is 14.5. The molecule has 0 amide bonds. The highest BCUT2D eigenvalue weighted by Crippen LogP contribution is 2.22. The number of aryl methyl sites for hydroxylation is 2. The number of para-hydroxylation sites is 1. The number of hydrogen-bond acceptors (Lipinski definition) is 2. The molecule has 0 aliphatic carbocycles. The van der Waals surface area contributed by atoms with Gasteiger partial charge in [-0.2, -0.15) is 0 Å². The maximum atomic E-state index is 6.02. The van der Waals surface area contributed by atoms with Crippen molar-refractivity contribution < 1.29 is 4.74 Å². The molecule has 3 N–H and O–H groups in total. The number of ether oxygens (including phenoxy) is 1. The smallest absolute Gasteiger partial charge is 0.193 e. The first-order valence-corrected chi connectivity index (χ1v) is 8.37. The number of guanidine groups is 1. The van der Waals surface area contributed by atoms with E-state index in [4.69, 9.17) is 10.5 Å². The number of aliphatic imine (C=N–C) groups is 1. The van der Waals surface area contributed by atoms with Gasteiger partial charge in [0.05, 0.1) is 6.10 Å². The number of benzene rings is 1. The van der Waals surface area contributed by atoms with Gasteiger partial charge in [0.1, 0.15) is 0 Å². The van der Waals surface area contributed by atoms with Crippen LogP contribution in [-0.2, 0) is 17.6 Å². The van der Waals surface area contributed by atoms with E-state index in [9.17, 15) is 0 Å². The van der Waals surface area contributed by atoms with Gasteiger partial charge in [0.25, 0.3) is 0 Å². The van der Waals surface area contributed by atoms with Crippen LogP contribution in [0.25, 0.3) is 0 Å². The minimum Gasteiger partial charge on any atom is -0.379 e. The third-order valence-corrected chi connectivity index (χ3v) is 3.54. The molecular formula is C18H31N3O. The van der Waals surface area contributed by atoms with E-state index >= 15 is 0 Å². The van der Waals surface area contributed by atoms with Gasteiger partial charge in [-0.05, 0) is 50.7 Å². The Bertz CT molecular complexity index is 447. The lowest BCUT2D eigenvalue weighted by Gasteiger charge is -2.14. The van der Waals surface area contributed by atoms with Gasteiger partial charge in [0.2, 0.25) is 0 Å². The average molecular weight is 305 g/mol. The Morgan fingerprint density at radius 2 is 1.82 bits per heavy atom. The molecule has 1 aromatic rings. The summed E-state index contributed by atoms with van der Waals surface area (Å²) in [6.07, 6.45) is 4.27. The van der Waals surface area contributed by atoms with E-state index in [-0.39, 0.29) is 0 Å².